The van der Waals surface area contributed by atoms with Crippen molar-refractivity contribution >= 4 is 11.8 Å². The molecule has 0 unspecified atom stereocenters. The van der Waals surface area contributed by atoms with Crippen LogP contribution in [0.3, 0.4) is 0 Å². The van der Waals surface area contributed by atoms with Gasteiger partial charge in [-0.1, -0.05) is 0 Å². The summed E-state index contributed by atoms with van der Waals surface area (Å²) in [5, 5.41) is 8.54. The molecule has 102 valence electrons. The highest BCUT2D eigenvalue weighted by molar-refractivity contribution is 6.40. The average Bonchev–Trinajstić information content (AvgIpc) is 2.35. The third-order valence-electron chi connectivity index (χ3n) is 2.43. The SMILES string of the molecule is O=C(O)C(=O)c1cc2c(cc1C(F)(F)F)OCCO2. The van der Waals surface area contributed by atoms with Gasteiger partial charge in [-0.25, -0.2) is 4.79 Å². The van der Waals surface area contributed by atoms with Gasteiger partial charge in [0, 0.05) is 5.56 Å². The van der Waals surface area contributed by atoms with Crippen LogP contribution in [0.25, 0.3) is 0 Å². The van der Waals surface area contributed by atoms with Gasteiger partial charge in [0.15, 0.2) is 11.5 Å². The third kappa shape index (κ3) is 2.47. The molecule has 19 heavy (non-hydrogen) atoms. The minimum atomic E-state index is -4.86. The topological polar surface area (TPSA) is 72.8 Å². The minimum Gasteiger partial charge on any atom is -0.486 e. The summed E-state index contributed by atoms with van der Waals surface area (Å²) in [5.41, 5.74) is -2.33. The van der Waals surface area contributed by atoms with E-state index in [9.17, 15) is 22.8 Å². The van der Waals surface area contributed by atoms with Crippen LogP contribution in [0, 0.1) is 0 Å². The fourth-order valence-corrected chi connectivity index (χ4v) is 1.63. The third-order valence-corrected chi connectivity index (χ3v) is 2.43. The van der Waals surface area contributed by atoms with E-state index in [1.807, 2.05) is 0 Å². The van der Waals surface area contributed by atoms with E-state index in [0.717, 1.165) is 6.07 Å². The zero-order valence-corrected chi connectivity index (χ0v) is 9.28. The Morgan fingerprint density at radius 2 is 1.63 bits per heavy atom. The predicted octanol–water partition coefficient (Wildman–Crippen LogP) is 1.74. The van der Waals surface area contributed by atoms with E-state index in [0.29, 0.717) is 6.07 Å². The highest BCUT2D eigenvalue weighted by Crippen LogP contribution is 2.40. The van der Waals surface area contributed by atoms with Crippen LogP contribution in [0.4, 0.5) is 13.2 Å². The van der Waals surface area contributed by atoms with Gasteiger partial charge in [-0.2, -0.15) is 13.2 Å². The zero-order valence-electron chi connectivity index (χ0n) is 9.28. The second-order valence-corrected chi connectivity index (χ2v) is 3.67. The standard InChI is InChI=1S/C11H7F3O5/c12-11(13,14)6-4-8-7(18-1-2-19-8)3-5(6)9(15)10(16)17/h3-4H,1-2H2,(H,16,17). The molecule has 0 bridgehead atoms. The summed E-state index contributed by atoms with van der Waals surface area (Å²) < 4.78 is 48.4. The molecule has 5 nitrogen and oxygen atoms in total. The van der Waals surface area contributed by atoms with Crippen molar-refractivity contribution < 1.29 is 37.3 Å². The number of fused-ring (bicyclic) bond motifs is 1. The van der Waals surface area contributed by atoms with Gasteiger partial charge in [-0.15, -0.1) is 0 Å². The average molecular weight is 276 g/mol. The van der Waals surface area contributed by atoms with Gasteiger partial charge in [-0.3, -0.25) is 4.79 Å². The summed E-state index contributed by atoms with van der Waals surface area (Å²) in [6.45, 7) is 0.190. The lowest BCUT2D eigenvalue weighted by atomic mass is 10.0. The van der Waals surface area contributed by atoms with E-state index < -0.39 is 29.1 Å². The number of carbonyl (C=O) groups is 2. The molecular weight excluding hydrogens is 269 g/mol. The highest BCUT2D eigenvalue weighted by Gasteiger charge is 2.38. The number of carboxylic acid groups (broad SMARTS) is 1. The molecule has 1 aliphatic rings. The van der Waals surface area contributed by atoms with Gasteiger partial charge in [0.25, 0.3) is 5.78 Å². The van der Waals surface area contributed by atoms with Crippen molar-refractivity contribution in [3.05, 3.63) is 23.3 Å². The van der Waals surface area contributed by atoms with Crippen LogP contribution in [0.2, 0.25) is 0 Å². The van der Waals surface area contributed by atoms with E-state index in [1.165, 1.54) is 0 Å². The molecule has 0 aliphatic carbocycles. The van der Waals surface area contributed by atoms with Gasteiger partial charge in [-0.05, 0) is 12.1 Å². The van der Waals surface area contributed by atoms with E-state index in [4.69, 9.17) is 14.6 Å². The number of hydrogen-bond acceptors (Lipinski definition) is 4. The van der Waals surface area contributed by atoms with Crippen molar-refractivity contribution in [2.24, 2.45) is 0 Å². The number of Topliss-reactive ketones (excluding diaryl/α,β-unsaturated/α-hetero) is 1. The van der Waals surface area contributed by atoms with Crippen LogP contribution >= 0.6 is 0 Å². The van der Waals surface area contributed by atoms with Gasteiger partial charge in [0.2, 0.25) is 0 Å². The Hall–Kier alpha value is -2.25. The Kier molecular flexibility index (Phi) is 3.09. The van der Waals surface area contributed by atoms with E-state index in [2.05, 4.69) is 0 Å². The number of alkyl halides is 3. The number of aliphatic carboxylic acids is 1. The lowest BCUT2D eigenvalue weighted by Crippen LogP contribution is -2.22. The zero-order chi connectivity index (χ0) is 14.2. The van der Waals surface area contributed by atoms with Crippen LogP contribution in [0.15, 0.2) is 12.1 Å². The molecular formula is C11H7F3O5. The predicted molar refractivity (Wildman–Crippen MR) is 54.4 cm³/mol. The normalized spacial score (nSPS) is 14.1. The molecule has 0 saturated carbocycles. The van der Waals surface area contributed by atoms with Gasteiger partial charge >= 0.3 is 12.1 Å². The Bertz CT molecular complexity index is 550. The molecule has 1 aromatic carbocycles. The summed E-state index contributed by atoms with van der Waals surface area (Å²) in [5.74, 6) is -3.86. The fourth-order valence-electron chi connectivity index (χ4n) is 1.63. The molecule has 0 spiro atoms. The molecule has 0 fully saturated rings. The van der Waals surface area contributed by atoms with Crippen molar-refractivity contribution in [1.29, 1.82) is 0 Å². The maximum atomic E-state index is 12.8. The maximum absolute atomic E-state index is 12.8. The Labute approximate surface area is 104 Å². The Balaban J connectivity index is 2.62. The second kappa shape index (κ2) is 4.45. The van der Waals surface area contributed by atoms with Crippen molar-refractivity contribution in [3.63, 3.8) is 0 Å². The number of benzene rings is 1. The summed E-state index contributed by atoms with van der Waals surface area (Å²) >= 11 is 0. The first-order valence-electron chi connectivity index (χ1n) is 5.09. The maximum Gasteiger partial charge on any atom is 0.417 e. The molecule has 1 heterocycles. The number of rotatable bonds is 2. The van der Waals surface area contributed by atoms with E-state index in [1.54, 1.807) is 0 Å². The van der Waals surface area contributed by atoms with Gasteiger partial charge in [0.05, 0.1) is 5.56 Å². The van der Waals surface area contributed by atoms with Crippen molar-refractivity contribution in [3.8, 4) is 11.5 Å². The summed E-state index contributed by atoms with van der Waals surface area (Å²) in [7, 11) is 0. The monoisotopic (exact) mass is 276 g/mol. The van der Waals surface area contributed by atoms with Crippen LogP contribution in [0.5, 0.6) is 11.5 Å². The second-order valence-electron chi connectivity index (χ2n) is 3.67. The van der Waals surface area contributed by atoms with Crippen molar-refractivity contribution in [2.75, 3.05) is 13.2 Å². The first-order valence-corrected chi connectivity index (χ1v) is 5.09. The van der Waals surface area contributed by atoms with Crippen LogP contribution in [-0.2, 0) is 11.0 Å². The first kappa shape index (κ1) is 13.2. The van der Waals surface area contributed by atoms with E-state index >= 15 is 0 Å². The molecule has 0 amide bonds. The molecule has 1 N–H and O–H groups in total. The lowest BCUT2D eigenvalue weighted by Gasteiger charge is -2.21. The molecule has 0 aromatic heterocycles. The van der Waals surface area contributed by atoms with Crippen LogP contribution < -0.4 is 9.47 Å². The first-order chi connectivity index (χ1) is 8.80. The number of ether oxygens (including phenoxy) is 2. The lowest BCUT2D eigenvalue weighted by molar-refractivity contribution is -0.138. The molecule has 1 aliphatic heterocycles. The summed E-state index contributed by atoms with van der Waals surface area (Å²) in [6, 6.07) is 1.32. The van der Waals surface area contributed by atoms with Gasteiger partial charge < -0.3 is 14.6 Å². The highest BCUT2D eigenvalue weighted by atomic mass is 19.4. The largest absolute Gasteiger partial charge is 0.486 e. The quantitative estimate of drug-likeness (QED) is 0.658. The molecule has 1 aromatic rings. The van der Waals surface area contributed by atoms with Gasteiger partial charge in [0.1, 0.15) is 13.2 Å². The fraction of sp³-hybridized carbons (Fsp3) is 0.273. The molecule has 8 heteroatoms. The smallest absolute Gasteiger partial charge is 0.417 e. The summed E-state index contributed by atoms with van der Waals surface area (Å²) in [6.07, 6.45) is -4.86. The molecule has 0 atom stereocenters. The molecule has 0 saturated heterocycles. The Morgan fingerprint density at radius 1 is 1.11 bits per heavy atom. The number of hydrogen-bond donors (Lipinski definition) is 1. The number of ketones is 1. The minimum absolute atomic E-state index is 0.0798. The van der Waals surface area contributed by atoms with E-state index in [-0.39, 0.29) is 24.7 Å². The van der Waals surface area contributed by atoms with Crippen molar-refractivity contribution in [1.82, 2.24) is 0 Å². The molecule has 0 radical (unpaired) electrons. The number of carbonyl (C=O) groups excluding carboxylic acids is 1. The Morgan fingerprint density at radius 3 is 2.11 bits per heavy atom. The van der Waals surface area contributed by atoms with Crippen LogP contribution in [-0.4, -0.2) is 30.1 Å². The number of halogens is 3. The number of carboxylic acids is 1. The molecule has 2 rings (SSSR count). The summed E-state index contributed by atoms with van der Waals surface area (Å²) in [4.78, 5) is 21.9. The van der Waals surface area contributed by atoms with Crippen LogP contribution in [0.1, 0.15) is 15.9 Å². The van der Waals surface area contributed by atoms with Crippen molar-refractivity contribution in [2.45, 2.75) is 6.18 Å².